The highest BCUT2D eigenvalue weighted by molar-refractivity contribution is 5.79. The minimum atomic E-state index is -0.0151. The molecule has 0 spiro atoms. The number of nitrogens with two attached hydrogens (primary N) is 1. The summed E-state index contributed by atoms with van der Waals surface area (Å²) in [6.45, 7) is 2.51. The number of methoxy groups -OCH3 is 2. The maximum absolute atomic E-state index is 12.0. The van der Waals surface area contributed by atoms with Gasteiger partial charge in [-0.15, -0.1) is 0 Å². The number of hydrogen-bond donors (Lipinski definition) is 2. The first kappa shape index (κ1) is 17.7. The van der Waals surface area contributed by atoms with Crippen LogP contribution in [0.25, 0.3) is 0 Å². The van der Waals surface area contributed by atoms with Crippen LogP contribution in [0, 0.1) is 6.92 Å². The van der Waals surface area contributed by atoms with Gasteiger partial charge in [-0.1, -0.05) is 18.2 Å². The third-order valence-electron chi connectivity index (χ3n) is 3.89. The van der Waals surface area contributed by atoms with E-state index in [4.69, 9.17) is 15.2 Å². The Morgan fingerprint density at radius 2 is 1.75 bits per heavy atom. The Balaban J connectivity index is 1.85. The highest BCUT2D eigenvalue weighted by Crippen LogP contribution is 2.27. The van der Waals surface area contributed by atoms with Crippen molar-refractivity contribution in [1.29, 1.82) is 0 Å². The zero-order valence-electron chi connectivity index (χ0n) is 14.4. The van der Waals surface area contributed by atoms with E-state index in [1.54, 1.807) is 14.2 Å². The molecule has 0 aromatic heterocycles. The molecule has 0 heterocycles. The summed E-state index contributed by atoms with van der Waals surface area (Å²) in [5, 5.41) is 2.93. The van der Waals surface area contributed by atoms with Crippen molar-refractivity contribution in [2.24, 2.45) is 0 Å². The fourth-order valence-electron chi connectivity index (χ4n) is 2.43. The summed E-state index contributed by atoms with van der Waals surface area (Å²) in [5.74, 6) is 1.37. The molecule has 2 aromatic rings. The van der Waals surface area contributed by atoms with E-state index in [1.807, 2.05) is 43.3 Å². The predicted molar refractivity (Wildman–Crippen MR) is 95.6 cm³/mol. The highest BCUT2D eigenvalue weighted by Gasteiger charge is 2.07. The molecule has 0 aliphatic heterocycles. The van der Waals surface area contributed by atoms with E-state index in [2.05, 4.69) is 5.32 Å². The van der Waals surface area contributed by atoms with E-state index in [0.717, 1.165) is 23.1 Å². The van der Waals surface area contributed by atoms with Gasteiger partial charge in [0, 0.05) is 12.2 Å². The van der Waals surface area contributed by atoms with Crippen LogP contribution in [-0.2, 0) is 17.6 Å². The van der Waals surface area contributed by atoms with Crippen LogP contribution in [0.15, 0.2) is 36.4 Å². The van der Waals surface area contributed by atoms with E-state index in [-0.39, 0.29) is 5.91 Å². The lowest BCUT2D eigenvalue weighted by Crippen LogP contribution is -2.27. The summed E-state index contributed by atoms with van der Waals surface area (Å²) >= 11 is 0. The first-order valence-electron chi connectivity index (χ1n) is 7.86. The Morgan fingerprint density at radius 1 is 1.04 bits per heavy atom. The van der Waals surface area contributed by atoms with Crippen molar-refractivity contribution in [3.05, 3.63) is 53.1 Å². The van der Waals surface area contributed by atoms with Crippen molar-refractivity contribution in [1.82, 2.24) is 5.32 Å². The van der Waals surface area contributed by atoms with Gasteiger partial charge in [0.2, 0.25) is 5.91 Å². The summed E-state index contributed by atoms with van der Waals surface area (Å²) in [4.78, 5) is 12.0. The Bertz CT molecular complexity index is 714. The number of ether oxygens (including phenoxy) is 2. The van der Waals surface area contributed by atoms with Gasteiger partial charge in [0.05, 0.1) is 20.6 Å². The third kappa shape index (κ3) is 4.65. The minimum absolute atomic E-state index is 0.0151. The van der Waals surface area contributed by atoms with Crippen LogP contribution in [0.3, 0.4) is 0 Å². The number of anilines is 1. The van der Waals surface area contributed by atoms with E-state index < -0.39 is 0 Å². The molecule has 0 fully saturated rings. The largest absolute Gasteiger partial charge is 0.493 e. The number of carbonyl (C=O) groups is 1. The number of benzene rings is 2. The van der Waals surface area contributed by atoms with Gasteiger partial charge in [0.15, 0.2) is 11.5 Å². The molecule has 0 atom stereocenters. The van der Waals surface area contributed by atoms with Crippen LogP contribution < -0.4 is 20.5 Å². The Hall–Kier alpha value is -2.69. The summed E-state index contributed by atoms with van der Waals surface area (Å²) in [5.41, 5.74) is 9.60. The molecule has 0 aliphatic rings. The van der Waals surface area contributed by atoms with Gasteiger partial charge in [-0.25, -0.2) is 0 Å². The lowest BCUT2D eigenvalue weighted by Gasteiger charge is -2.10. The maximum Gasteiger partial charge on any atom is 0.224 e. The number of aryl methyl sites for hydroxylation is 1. The van der Waals surface area contributed by atoms with Crippen LogP contribution in [0.5, 0.6) is 11.5 Å². The molecular formula is C19H24N2O3. The number of amides is 1. The number of nitrogens with one attached hydrogen (secondary N) is 1. The Labute approximate surface area is 142 Å². The second kappa shape index (κ2) is 8.24. The molecule has 0 aliphatic carbocycles. The van der Waals surface area contributed by atoms with Crippen LogP contribution in [0.2, 0.25) is 0 Å². The van der Waals surface area contributed by atoms with E-state index in [1.165, 1.54) is 0 Å². The van der Waals surface area contributed by atoms with Crippen molar-refractivity contribution >= 4 is 11.6 Å². The molecule has 0 bridgehead atoms. The first-order valence-corrected chi connectivity index (χ1v) is 7.86. The molecule has 3 N–H and O–H groups in total. The molecule has 0 unspecified atom stereocenters. The number of hydrogen-bond acceptors (Lipinski definition) is 4. The van der Waals surface area contributed by atoms with E-state index >= 15 is 0 Å². The normalized spacial score (nSPS) is 10.3. The van der Waals surface area contributed by atoms with Crippen molar-refractivity contribution < 1.29 is 14.3 Å². The Kier molecular flexibility index (Phi) is 6.07. The summed E-state index contributed by atoms with van der Waals surface area (Å²) < 4.78 is 10.5. The molecule has 2 rings (SSSR count). The zero-order valence-corrected chi connectivity index (χ0v) is 14.4. The van der Waals surface area contributed by atoms with Crippen LogP contribution in [-0.4, -0.2) is 26.7 Å². The van der Waals surface area contributed by atoms with Crippen LogP contribution >= 0.6 is 0 Å². The summed E-state index contributed by atoms with van der Waals surface area (Å²) in [6, 6.07) is 11.5. The molecule has 0 saturated heterocycles. The fraction of sp³-hybridized carbons (Fsp3) is 0.316. The van der Waals surface area contributed by atoms with E-state index in [9.17, 15) is 4.79 Å². The molecular weight excluding hydrogens is 304 g/mol. The average molecular weight is 328 g/mol. The van der Waals surface area contributed by atoms with Gasteiger partial charge >= 0.3 is 0 Å². The highest BCUT2D eigenvalue weighted by atomic mass is 16.5. The first-order chi connectivity index (χ1) is 11.5. The van der Waals surface area contributed by atoms with Gasteiger partial charge in [-0.3, -0.25) is 4.79 Å². The average Bonchev–Trinajstić information content (AvgIpc) is 2.58. The second-order valence-electron chi connectivity index (χ2n) is 5.66. The fourth-order valence-corrected chi connectivity index (χ4v) is 2.43. The Morgan fingerprint density at radius 3 is 2.42 bits per heavy atom. The monoisotopic (exact) mass is 328 g/mol. The van der Waals surface area contributed by atoms with Gasteiger partial charge in [-0.2, -0.15) is 0 Å². The molecule has 0 radical (unpaired) electrons. The van der Waals surface area contributed by atoms with Gasteiger partial charge in [-0.05, 0) is 48.2 Å². The quantitative estimate of drug-likeness (QED) is 0.766. The SMILES string of the molecule is COc1ccc(CCNC(=O)Cc2ccc(C)c(N)c2)cc1OC. The van der Waals surface area contributed by atoms with Crippen molar-refractivity contribution in [3.63, 3.8) is 0 Å². The molecule has 5 heteroatoms. The lowest BCUT2D eigenvalue weighted by atomic mass is 10.1. The van der Waals surface area contributed by atoms with E-state index in [0.29, 0.717) is 30.2 Å². The molecule has 5 nitrogen and oxygen atoms in total. The smallest absolute Gasteiger partial charge is 0.224 e. The zero-order chi connectivity index (χ0) is 17.5. The lowest BCUT2D eigenvalue weighted by molar-refractivity contribution is -0.120. The standard InChI is InChI=1S/C19H24N2O3/c1-13-4-5-15(10-16(13)20)12-19(22)21-9-8-14-6-7-17(23-2)18(11-14)24-3/h4-7,10-11H,8-9,12,20H2,1-3H3,(H,21,22). The van der Waals surface area contributed by atoms with Crippen LogP contribution in [0.4, 0.5) is 5.69 Å². The molecule has 0 saturated carbocycles. The van der Waals surface area contributed by atoms with Crippen LogP contribution in [0.1, 0.15) is 16.7 Å². The molecule has 2 aromatic carbocycles. The van der Waals surface area contributed by atoms with Gasteiger partial charge in [0.1, 0.15) is 0 Å². The maximum atomic E-state index is 12.0. The number of rotatable bonds is 7. The minimum Gasteiger partial charge on any atom is -0.493 e. The third-order valence-corrected chi connectivity index (χ3v) is 3.89. The molecule has 24 heavy (non-hydrogen) atoms. The van der Waals surface area contributed by atoms with Crippen molar-refractivity contribution in [3.8, 4) is 11.5 Å². The summed E-state index contributed by atoms with van der Waals surface area (Å²) in [6.07, 6.45) is 1.05. The van der Waals surface area contributed by atoms with Gasteiger partial charge in [0.25, 0.3) is 0 Å². The van der Waals surface area contributed by atoms with Crippen molar-refractivity contribution in [2.75, 3.05) is 26.5 Å². The molecule has 1 amide bonds. The van der Waals surface area contributed by atoms with Gasteiger partial charge < -0.3 is 20.5 Å². The van der Waals surface area contributed by atoms with Crippen molar-refractivity contribution in [2.45, 2.75) is 19.8 Å². The number of nitrogen functional groups attached to an aromatic ring is 1. The second-order valence-corrected chi connectivity index (χ2v) is 5.66. The molecule has 128 valence electrons. The summed E-state index contributed by atoms with van der Waals surface area (Å²) in [7, 11) is 3.21. The number of carbonyl (C=O) groups excluding carboxylic acids is 1. The predicted octanol–water partition coefficient (Wildman–Crippen LogP) is 2.50. The topological polar surface area (TPSA) is 73.6 Å².